The second-order valence-electron chi connectivity index (χ2n) is 3.57. The number of hydrogen-bond donors (Lipinski definition) is 1. The number of fused-ring (bicyclic) bond motifs is 1. The van der Waals surface area contributed by atoms with Gasteiger partial charge in [-0.15, -0.1) is 11.3 Å². The zero-order valence-corrected chi connectivity index (χ0v) is 11.1. The Hall–Kier alpha value is -0.810. The number of nitrogens with one attached hydrogen (secondary N) is 1. The van der Waals surface area contributed by atoms with Crippen molar-refractivity contribution in [3.05, 3.63) is 17.8 Å². The second-order valence-corrected chi connectivity index (χ2v) is 5.37. The van der Waals surface area contributed by atoms with Crippen LogP contribution >= 0.6 is 23.1 Å². The van der Waals surface area contributed by atoms with Crippen molar-refractivity contribution in [1.82, 2.24) is 9.97 Å². The third kappa shape index (κ3) is 2.47. The first-order chi connectivity index (χ1) is 7.85. The molecular formula is C11H15N3S2. The summed E-state index contributed by atoms with van der Waals surface area (Å²) < 4.78 is 0. The van der Waals surface area contributed by atoms with Gasteiger partial charge in [0.05, 0.1) is 5.39 Å². The highest BCUT2D eigenvalue weighted by Crippen LogP contribution is 2.24. The molecule has 1 N–H and O–H groups in total. The highest BCUT2D eigenvalue weighted by molar-refractivity contribution is 7.98. The molecule has 0 spiro atoms. The summed E-state index contributed by atoms with van der Waals surface area (Å²) in [5.41, 5.74) is 0. The molecule has 2 rings (SSSR count). The third-order valence-corrected chi connectivity index (χ3v) is 4.02. The molecule has 1 atom stereocenters. The van der Waals surface area contributed by atoms with E-state index in [1.165, 1.54) is 0 Å². The lowest BCUT2D eigenvalue weighted by Gasteiger charge is -2.16. The first-order valence-corrected chi connectivity index (χ1v) is 7.56. The van der Waals surface area contributed by atoms with Gasteiger partial charge in [0, 0.05) is 11.8 Å². The Morgan fingerprint density at radius 1 is 1.50 bits per heavy atom. The van der Waals surface area contributed by atoms with E-state index in [4.69, 9.17) is 0 Å². The van der Waals surface area contributed by atoms with Crippen molar-refractivity contribution < 1.29 is 0 Å². The van der Waals surface area contributed by atoms with E-state index in [1.54, 1.807) is 17.7 Å². The van der Waals surface area contributed by atoms with E-state index >= 15 is 0 Å². The fourth-order valence-electron chi connectivity index (χ4n) is 1.56. The highest BCUT2D eigenvalue weighted by atomic mass is 32.2. The molecule has 2 aromatic heterocycles. The first-order valence-electron chi connectivity index (χ1n) is 5.28. The van der Waals surface area contributed by atoms with Crippen molar-refractivity contribution in [2.24, 2.45) is 0 Å². The Kier molecular flexibility index (Phi) is 4.01. The summed E-state index contributed by atoms with van der Waals surface area (Å²) in [5.74, 6) is 2.07. The molecular weight excluding hydrogens is 238 g/mol. The molecule has 0 aromatic carbocycles. The molecule has 2 heterocycles. The Balaban J connectivity index is 2.22. The summed E-state index contributed by atoms with van der Waals surface area (Å²) in [6.45, 7) is 2.19. The van der Waals surface area contributed by atoms with Gasteiger partial charge in [-0.2, -0.15) is 11.8 Å². The van der Waals surface area contributed by atoms with Crippen LogP contribution in [0.1, 0.15) is 13.3 Å². The van der Waals surface area contributed by atoms with Crippen LogP contribution in [-0.2, 0) is 0 Å². The number of thioether (sulfide) groups is 1. The van der Waals surface area contributed by atoms with Gasteiger partial charge in [-0.3, -0.25) is 0 Å². The molecule has 2 aromatic rings. The zero-order valence-electron chi connectivity index (χ0n) is 9.43. The SMILES string of the molecule is CCC(CSC)Nc1ncnc2sccc12. The van der Waals surface area contributed by atoms with E-state index in [0.29, 0.717) is 6.04 Å². The van der Waals surface area contributed by atoms with E-state index < -0.39 is 0 Å². The predicted molar refractivity (Wildman–Crippen MR) is 73.5 cm³/mol. The fourth-order valence-corrected chi connectivity index (χ4v) is 3.02. The Labute approximate surface area is 104 Å². The second kappa shape index (κ2) is 5.50. The predicted octanol–water partition coefficient (Wildman–Crippen LogP) is 3.24. The van der Waals surface area contributed by atoms with Crippen LogP contribution in [0.25, 0.3) is 10.2 Å². The fraction of sp³-hybridized carbons (Fsp3) is 0.455. The molecule has 0 saturated carbocycles. The van der Waals surface area contributed by atoms with Crippen LogP contribution in [0.5, 0.6) is 0 Å². The highest BCUT2D eigenvalue weighted by Gasteiger charge is 2.09. The Morgan fingerprint density at radius 3 is 3.12 bits per heavy atom. The van der Waals surface area contributed by atoms with Crippen LogP contribution in [0.4, 0.5) is 5.82 Å². The molecule has 0 radical (unpaired) electrons. The maximum absolute atomic E-state index is 4.32. The number of hydrogen-bond acceptors (Lipinski definition) is 5. The van der Waals surface area contributed by atoms with Gasteiger partial charge in [0.15, 0.2) is 0 Å². The van der Waals surface area contributed by atoms with Crippen molar-refractivity contribution in [2.75, 3.05) is 17.3 Å². The van der Waals surface area contributed by atoms with Crippen LogP contribution in [-0.4, -0.2) is 28.0 Å². The maximum Gasteiger partial charge on any atom is 0.138 e. The minimum Gasteiger partial charge on any atom is -0.366 e. The molecule has 0 amide bonds. The summed E-state index contributed by atoms with van der Waals surface area (Å²) in [7, 11) is 0. The van der Waals surface area contributed by atoms with Crippen molar-refractivity contribution in [2.45, 2.75) is 19.4 Å². The molecule has 5 heteroatoms. The topological polar surface area (TPSA) is 37.8 Å². The van der Waals surface area contributed by atoms with Gasteiger partial charge in [0.1, 0.15) is 17.0 Å². The quantitative estimate of drug-likeness (QED) is 0.887. The molecule has 0 bridgehead atoms. The van der Waals surface area contributed by atoms with Gasteiger partial charge in [-0.05, 0) is 24.1 Å². The van der Waals surface area contributed by atoms with Crippen LogP contribution in [0, 0.1) is 0 Å². The number of thiophene rings is 1. The lowest BCUT2D eigenvalue weighted by Crippen LogP contribution is -2.21. The standard InChI is InChI=1S/C11H15N3S2/c1-3-8(6-15-2)14-10-9-4-5-16-11(9)13-7-12-10/h4-5,7-8H,3,6H2,1-2H3,(H,12,13,14). The number of aromatic nitrogens is 2. The van der Waals surface area contributed by atoms with Gasteiger partial charge >= 0.3 is 0 Å². The monoisotopic (exact) mass is 253 g/mol. The van der Waals surface area contributed by atoms with Gasteiger partial charge in [0.2, 0.25) is 0 Å². The van der Waals surface area contributed by atoms with Gasteiger partial charge in [0.25, 0.3) is 0 Å². The molecule has 1 unspecified atom stereocenters. The number of anilines is 1. The Morgan fingerprint density at radius 2 is 2.38 bits per heavy atom. The average molecular weight is 253 g/mol. The molecule has 0 aliphatic rings. The summed E-state index contributed by atoms with van der Waals surface area (Å²) in [6, 6.07) is 2.56. The van der Waals surface area contributed by atoms with E-state index in [-0.39, 0.29) is 0 Å². The smallest absolute Gasteiger partial charge is 0.138 e. The third-order valence-electron chi connectivity index (χ3n) is 2.46. The normalized spacial score (nSPS) is 12.9. The minimum atomic E-state index is 0.480. The largest absolute Gasteiger partial charge is 0.366 e. The van der Waals surface area contributed by atoms with E-state index in [1.807, 2.05) is 11.8 Å². The van der Waals surface area contributed by atoms with Crippen molar-refractivity contribution in [3.63, 3.8) is 0 Å². The average Bonchev–Trinajstić information content (AvgIpc) is 2.77. The lowest BCUT2D eigenvalue weighted by atomic mass is 10.2. The van der Waals surface area contributed by atoms with Crippen LogP contribution < -0.4 is 5.32 Å². The van der Waals surface area contributed by atoms with Crippen LogP contribution in [0.15, 0.2) is 17.8 Å². The number of nitrogens with zero attached hydrogens (tertiary/aromatic N) is 2. The molecule has 16 heavy (non-hydrogen) atoms. The molecule has 0 saturated heterocycles. The van der Waals surface area contributed by atoms with Crippen molar-refractivity contribution >= 4 is 39.1 Å². The van der Waals surface area contributed by atoms with Crippen molar-refractivity contribution in [3.8, 4) is 0 Å². The van der Waals surface area contributed by atoms with E-state index in [2.05, 4.69) is 39.9 Å². The van der Waals surface area contributed by atoms with Crippen molar-refractivity contribution in [1.29, 1.82) is 0 Å². The Bertz CT molecular complexity index is 455. The summed E-state index contributed by atoms with van der Waals surface area (Å²) >= 11 is 3.51. The number of rotatable bonds is 5. The molecule has 0 fully saturated rings. The van der Waals surface area contributed by atoms with E-state index in [9.17, 15) is 0 Å². The van der Waals surface area contributed by atoms with Gasteiger partial charge < -0.3 is 5.32 Å². The molecule has 86 valence electrons. The summed E-state index contributed by atoms with van der Waals surface area (Å²) in [5, 5.41) is 6.68. The minimum absolute atomic E-state index is 0.480. The summed E-state index contributed by atoms with van der Waals surface area (Å²) in [4.78, 5) is 9.62. The lowest BCUT2D eigenvalue weighted by molar-refractivity contribution is 0.771. The molecule has 0 aliphatic heterocycles. The van der Waals surface area contributed by atoms with Gasteiger partial charge in [-0.25, -0.2) is 9.97 Å². The van der Waals surface area contributed by atoms with Crippen LogP contribution in [0.2, 0.25) is 0 Å². The maximum atomic E-state index is 4.32. The summed E-state index contributed by atoms with van der Waals surface area (Å²) in [6.07, 6.45) is 4.87. The van der Waals surface area contributed by atoms with E-state index in [0.717, 1.165) is 28.2 Å². The van der Waals surface area contributed by atoms with Gasteiger partial charge in [-0.1, -0.05) is 6.92 Å². The zero-order chi connectivity index (χ0) is 11.4. The molecule has 3 nitrogen and oxygen atoms in total. The first kappa shape index (κ1) is 11.7. The van der Waals surface area contributed by atoms with Crippen LogP contribution in [0.3, 0.4) is 0 Å². The molecule has 0 aliphatic carbocycles.